The third-order valence-corrected chi connectivity index (χ3v) is 4.97. The van der Waals surface area contributed by atoms with Gasteiger partial charge >= 0.3 is 0 Å². The molecular weight excluding hydrogens is 368 g/mol. The van der Waals surface area contributed by atoms with E-state index in [4.69, 9.17) is 0 Å². The maximum Gasteiger partial charge on any atom is 0.264 e. The van der Waals surface area contributed by atoms with E-state index in [1.54, 1.807) is 30.3 Å². The number of amides is 1. The number of rotatable bonds is 5. The summed E-state index contributed by atoms with van der Waals surface area (Å²) < 4.78 is 27.6. The Morgan fingerprint density at radius 3 is 2.37 bits per heavy atom. The number of nitrogens with zero attached hydrogens (tertiary/aromatic N) is 1. The summed E-state index contributed by atoms with van der Waals surface area (Å²) in [6.45, 7) is 1.37. The summed E-state index contributed by atoms with van der Waals surface area (Å²) in [6, 6.07) is 15.4. The molecule has 0 aliphatic rings. The maximum atomic E-state index is 12.6. The second-order valence-electron chi connectivity index (χ2n) is 5.70. The molecule has 2 aromatic carbocycles. The number of carbonyl (C=O) groups is 1. The number of sulfonamides is 1. The molecule has 27 heavy (non-hydrogen) atoms. The fourth-order valence-electron chi connectivity index (χ4n) is 2.38. The molecule has 0 unspecified atom stereocenters. The Morgan fingerprint density at radius 2 is 1.74 bits per heavy atom. The molecule has 0 aliphatic heterocycles. The molecule has 3 N–H and O–H groups in total. The quantitative estimate of drug-likeness (QED) is 0.623. The monoisotopic (exact) mass is 384 g/mol. The number of benzene rings is 2. The van der Waals surface area contributed by atoms with Crippen LogP contribution in [0.4, 0.5) is 11.4 Å². The van der Waals surface area contributed by atoms with Crippen LogP contribution in [0.5, 0.6) is 0 Å². The van der Waals surface area contributed by atoms with E-state index in [1.807, 2.05) is 0 Å². The molecule has 0 bridgehead atoms. The minimum atomic E-state index is -3.81. The van der Waals surface area contributed by atoms with Crippen molar-refractivity contribution < 1.29 is 13.2 Å². The van der Waals surface area contributed by atoms with E-state index in [9.17, 15) is 18.0 Å². The first-order chi connectivity index (χ1) is 12.8. The second-order valence-corrected chi connectivity index (χ2v) is 7.38. The van der Waals surface area contributed by atoms with E-state index in [0.717, 1.165) is 0 Å². The third kappa shape index (κ3) is 4.59. The maximum absolute atomic E-state index is 12.6. The van der Waals surface area contributed by atoms with E-state index < -0.39 is 10.0 Å². The van der Waals surface area contributed by atoms with Crippen molar-refractivity contribution in [1.82, 2.24) is 10.2 Å². The molecule has 8 nitrogen and oxygen atoms in total. The first kappa shape index (κ1) is 18.3. The van der Waals surface area contributed by atoms with Gasteiger partial charge in [0, 0.05) is 29.9 Å². The number of hydrogen-bond acceptors (Lipinski definition) is 5. The number of H-pyrrole nitrogens is 1. The van der Waals surface area contributed by atoms with Crippen LogP contribution in [0.25, 0.3) is 11.3 Å². The molecule has 0 spiro atoms. The van der Waals surface area contributed by atoms with Crippen LogP contribution in [0.2, 0.25) is 0 Å². The molecule has 3 rings (SSSR count). The van der Waals surface area contributed by atoms with Crippen molar-refractivity contribution in [3.05, 3.63) is 71.0 Å². The van der Waals surface area contributed by atoms with E-state index in [-0.39, 0.29) is 16.4 Å². The van der Waals surface area contributed by atoms with E-state index in [0.29, 0.717) is 22.6 Å². The Kier molecular flexibility index (Phi) is 5.04. The second kappa shape index (κ2) is 7.42. The summed E-state index contributed by atoms with van der Waals surface area (Å²) in [5, 5.41) is 8.84. The normalized spacial score (nSPS) is 11.0. The molecule has 0 saturated carbocycles. The summed E-state index contributed by atoms with van der Waals surface area (Å²) in [6.07, 6.45) is 0. The van der Waals surface area contributed by atoms with Crippen molar-refractivity contribution in [2.75, 3.05) is 10.0 Å². The zero-order valence-electron chi connectivity index (χ0n) is 14.3. The van der Waals surface area contributed by atoms with Gasteiger partial charge in [0.2, 0.25) is 5.91 Å². The van der Waals surface area contributed by atoms with Crippen LogP contribution in [0.15, 0.2) is 70.4 Å². The van der Waals surface area contributed by atoms with Gasteiger partial charge in [-0.3, -0.25) is 14.3 Å². The van der Waals surface area contributed by atoms with Crippen molar-refractivity contribution >= 4 is 27.3 Å². The molecule has 1 amide bonds. The smallest absolute Gasteiger partial charge is 0.264 e. The van der Waals surface area contributed by atoms with Gasteiger partial charge in [0.15, 0.2) is 0 Å². The highest BCUT2D eigenvalue weighted by atomic mass is 32.2. The standard InChI is InChI=1S/C18H16N4O4S/c1-12(23)19-14-5-7-16(8-6-14)27(25,26)22-15-4-2-3-13(11-15)17-9-10-18(24)21-20-17/h2-11,22H,1H3,(H,19,23)(H,21,24). The Labute approximate surface area is 155 Å². The van der Waals surface area contributed by atoms with E-state index in [2.05, 4.69) is 20.2 Å². The van der Waals surface area contributed by atoms with Crippen LogP contribution in [0.1, 0.15) is 6.92 Å². The van der Waals surface area contributed by atoms with Gasteiger partial charge in [-0.1, -0.05) is 12.1 Å². The SMILES string of the molecule is CC(=O)Nc1ccc(S(=O)(=O)Nc2cccc(-c3ccc(=O)[nH]n3)c2)cc1. The fourth-order valence-corrected chi connectivity index (χ4v) is 3.43. The lowest BCUT2D eigenvalue weighted by molar-refractivity contribution is -0.114. The molecule has 0 fully saturated rings. The summed E-state index contributed by atoms with van der Waals surface area (Å²) in [7, 11) is -3.81. The Bertz CT molecular complexity index is 1120. The Morgan fingerprint density at radius 1 is 1.00 bits per heavy atom. The van der Waals surface area contributed by atoms with Gasteiger partial charge in [-0.2, -0.15) is 5.10 Å². The number of aromatic amines is 1. The minimum absolute atomic E-state index is 0.0594. The van der Waals surface area contributed by atoms with Crippen LogP contribution in [0, 0.1) is 0 Å². The summed E-state index contributed by atoms with van der Waals surface area (Å²) >= 11 is 0. The van der Waals surface area contributed by atoms with Gasteiger partial charge < -0.3 is 5.32 Å². The molecule has 0 atom stereocenters. The van der Waals surface area contributed by atoms with Crippen LogP contribution in [-0.4, -0.2) is 24.5 Å². The summed E-state index contributed by atoms with van der Waals surface area (Å²) in [5.74, 6) is -0.239. The molecule has 3 aromatic rings. The lowest BCUT2D eigenvalue weighted by Crippen LogP contribution is -2.13. The van der Waals surface area contributed by atoms with Crippen molar-refractivity contribution in [2.45, 2.75) is 11.8 Å². The number of aromatic nitrogens is 2. The number of carbonyl (C=O) groups excluding carboxylic acids is 1. The topological polar surface area (TPSA) is 121 Å². The Hall–Kier alpha value is -3.46. The van der Waals surface area contributed by atoms with Gasteiger partial charge in [0.05, 0.1) is 10.6 Å². The third-order valence-electron chi connectivity index (χ3n) is 3.57. The largest absolute Gasteiger partial charge is 0.326 e. The molecule has 0 aliphatic carbocycles. The summed E-state index contributed by atoms with van der Waals surface area (Å²) in [4.78, 5) is 22.2. The number of anilines is 2. The molecule has 9 heteroatoms. The van der Waals surface area contributed by atoms with Crippen LogP contribution >= 0.6 is 0 Å². The van der Waals surface area contributed by atoms with E-state index in [1.165, 1.54) is 37.3 Å². The molecule has 0 radical (unpaired) electrons. The lowest BCUT2D eigenvalue weighted by Gasteiger charge is -2.10. The number of hydrogen-bond donors (Lipinski definition) is 3. The summed E-state index contributed by atoms with van der Waals surface area (Å²) in [5.41, 5.74) is 1.69. The fraction of sp³-hybridized carbons (Fsp3) is 0.0556. The van der Waals surface area contributed by atoms with Crippen LogP contribution in [0.3, 0.4) is 0 Å². The minimum Gasteiger partial charge on any atom is -0.326 e. The highest BCUT2D eigenvalue weighted by Gasteiger charge is 2.14. The average molecular weight is 384 g/mol. The van der Waals surface area contributed by atoms with Gasteiger partial charge in [-0.05, 0) is 42.5 Å². The highest BCUT2D eigenvalue weighted by molar-refractivity contribution is 7.92. The van der Waals surface area contributed by atoms with Crippen molar-refractivity contribution in [2.24, 2.45) is 0 Å². The first-order valence-electron chi connectivity index (χ1n) is 7.90. The molecular formula is C18H16N4O4S. The van der Waals surface area contributed by atoms with Gasteiger partial charge in [0.1, 0.15) is 0 Å². The van der Waals surface area contributed by atoms with Crippen molar-refractivity contribution in [1.29, 1.82) is 0 Å². The Balaban J connectivity index is 1.83. The lowest BCUT2D eigenvalue weighted by atomic mass is 10.1. The first-order valence-corrected chi connectivity index (χ1v) is 9.38. The van der Waals surface area contributed by atoms with Gasteiger partial charge in [-0.15, -0.1) is 0 Å². The van der Waals surface area contributed by atoms with Gasteiger partial charge in [-0.25, -0.2) is 13.5 Å². The highest BCUT2D eigenvalue weighted by Crippen LogP contribution is 2.23. The predicted octanol–water partition coefficient (Wildman–Crippen LogP) is 2.20. The zero-order valence-corrected chi connectivity index (χ0v) is 15.1. The predicted molar refractivity (Wildman–Crippen MR) is 102 cm³/mol. The molecule has 138 valence electrons. The van der Waals surface area contributed by atoms with Crippen molar-refractivity contribution in [3.63, 3.8) is 0 Å². The van der Waals surface area contributed by atoms with E-state index >= 15 is 0 Å². The van der Waals surface area contributed by atoms with Gasteiger partial charge in [0.25, 0.3) is 15.6 Å². The molecule has 0 saturated heterocycles. The van der Waals surface area contributed by atoms with Crippen molar-refractivity contribution in [3.8, 4) is 11.3 Å². The molecule has 1 heterocycles. The average Bonchev–Trinajstić information content (AvgIpc) is 2.62. The zero-order chi connectivity index (χ0) is 19.4. The van der Waals surface area contributed by atoms with Crippen LogP contribution < -0.4 is 15.6 Å². The molecule has 1 aromatic heterocycles. The van der Waals surface area contributed by atoms with Crippen LogP contribution in [-0.2, 0) is 14.8 Å². The number of nitrogens with one attached hydrogen (secondary N) is 3.